The van der Waals surface area contributed by atoms with Crippen LogP contribution in [0.25, 0.3) is 0 Å². The summed E-state index contributed by atoms with van der Waals surface area (Å²) in [4.78, 5) is 4.34. The highest BCUT2D eigenvalue weighted by Gasteiger charge is 2.01. The van der Waals surface area contributed by atoms with Crippen molar-refractivity contribution in [1.82, 2.24) is 14.9 Å². The van der Waals surface area contributed by atoms with Crippen LogP contribution in [0.2, 0.25) is 0 Å². The Balaban J connectivity index is 2.13. The fourth-order valence-corrected chi connectivity index (χ4v) is 1.67. The molecular weight excluding hydrogens is 246 g/mol. The van der Waals surface area contributed by atoms with E-state index in [1.165, 1.54) is 0 Å². The zero-order chi connectivity index (χ0) is 13.8. The van der Waals surface area contributed by atoms with Gasteiger partial charge in [0.05, 0.1) is 26.4 Å². The molecule has 0 aliphatic carbocycles. The van der Waals surface area contributed by atoms with Crippen molar-refractivity contribution in [3.05, 3.63) is 18.2 Å². The van der Waals surface area contributed by atoms with Gasteiger partial charge < -0.3 is 24.1 Å². The van der Waals surface area contributed by atoms with E-state index in [4.69, 9.17) is 14.2 Å². The number of nitrogens with zero attached hydrogens (tertiary/aromatic N) is 2. The summed E-state index contributed by atoms with van der Waals surface area (Å²) in [7, 11) is 3.38. The van der Waals surface area contributed by atoms with Gasteiger partial charge in [-0.05, 0) is 6.42 Å². The fourth-order valence-electron chi connectivity index (χ4n) is 1.67. The van der Waals surface area contributed by atoms with Gasteiger partial charge in [-0.1, -0.05) is 0 Å². The summed E-state index contributed by atoms with van der Waals surface area (Å²) in [5, 5.41) is 3.29. The predicted octanol–water partition coefficient (Wildman–Crippen LogP) is 0.672. The molecule has 0 saturated heterocycles. The fraction of sp³-hybridized carbons (Fsp3) is 0.769. The number of hydrogen-bond acceptors (Lipinski definition) is 5. The molecule has 1 heterocycles. The number of aromatic nitrogens is 2. The molecule has 6 nitrogen and oxygen atoms in total. The van der Waals surface area contributed by atoms with Gasteiger partial charge in [0.1, 0.15) is 5.82 Å². The third kappa shape index (κ3) is 7.27. The summed E-state index contributed by atoms with van der Waals surface area (Å²) in [6.07, 6.45) is 4.81. The molecule has 6 heteroatoms. The zero-order valence-electron chi connectivity index (χ0n) is 11.9. The van der Waals surface area contributed by atoms with Crippen LogP contribution in [-0.2, 0) is 27.3 Å². The van der Waals surface area contributed by atoms with E-state index in [9.17, 15) is 0 Å². The minimum absolute atomic E-state index is 0.653. The smallest absolute Gasteiger partial charge is 0.122 e. The number of methoxy groups -OCH3 is 2. The van der Waals surface area contributed by atoms with Crippen molar-refractivity contribution in [2.75, 3.05) is 47.2 Å². The summed E-state index contributed by atoms with van der Waals surface area (Å²) in [6, 6.07) is 0. The molecule has 0 saturated carbocycles. The molecule has 0 amide bonds. The van der Waals surface area contributed by atoms with E-state index in [0.29, 0.717) is 19.8 Å². The normalized spacial score (nSPS) is 11.1. The van der Waals surface area contributed by atoms with Crippen LogP contribution in [0.4, 0.5) is 0 Å². The summed E-state index contributed by atoms with van der Waals surface area (Å²) in [6.45, 7) is 5.30. The van der Waals surface area contributed by atoms with Gasteiger partial charge in [0.15, 0.2) is 0 Å². The third-order valence-corrected chi connectivity index (χ3v) is 2.69. The standard InChI is InChI=1S/C13H25N3O3/c1-17-9-5-14-12-13-15-4-7-16(13)6-3-8-19-11-10-18-2/h4,7,14H,3,5-6,8-12H2,1-2H3. The number of rotatable bonds is 12. The Morgan fingerprint density at radius 2 is 2.00 bits per heavy atom. The highest BCUT2D eigenvalue weighted by molar-refractivity contribution is 4.91. The lowest BCUT2D eigenvalue weighted by molar-refractivity contribution is 0.0679. The van der Waals surface area contributed by atoms with Crippen molar-refractivity contribution < 1.29 is 14.2 Å². The van der Waals surface area contributed by atoms with Crippen LogP contribution in [-0.4, -0.2) is 56.7 Å². The van der Waals surface area contributed by atoms with E-state index in [1.54, 1.807) is 14.2 Å². The topological polar surface area (TPSA) is 57.5 Å². The Labute approximate surface area is 115 Å². The number of ether oxygens (including phenoxy) is 3. The first-order valence-electron chi connectivity index (χ1n) is 6.65. The van der Waals surface area contributed by atoms with Crippen LogP contribution in [0.5, 0.6) is 0 Å². The average Bonchev–Trinajstić information content (AvgIpc) is 2.86. The molecule has 0 aromatic carbocycles. The average molecular weight is 271 g/mol. The maximum atomic E-state index is 5.43. The molecule has 0 spiro atoms. The molecule has 0 fully saturated rings. The van der Waals surface area contributed by atoms with E-state index in [2.05, 4.69) is 14.9 Å². The van der Waals surface area contributed by atoms with E-state index < -0.39 is 0 Å². The third-order valence-electron chi connectivity index (χ3n) is 2.69. The van der Waals surface area contributed by atoms with Crippen molar-refractivity contribution in [1.29, 1.82) is 0 Å². The second kappa shape index (κ2) is 10.9. The molecule has 0 unspecified atom stereocenters. The molecular formula is C13H25N3O3. The van der Waals surface area contributed by atoms with Crippen LogP contribution in [0.1, 0.15) is 12.2 Å². The predicted molar refractivity (Wildman–Crippen MR) is 73.1 cm³/mol. The first-order valence-corrected chi connectivity index (χ1v) is 6.65. The number of imidazole rings is 1. The molecule has 0 radical (unpaired) electrons. The van der Waals surface area contributed by atoms with Crippen molar-refractivity contribution in [3.63, 3.8) is 0 Å². The molecule has 0 aliphatic rings. The van der Waals surface area contributed by atoms with Crippen LogP contribution < -0.4 is 5.32 Å². The van der Waals surface area contributed by atoms with Crippen LogP contribution in [0.15, 0.2) is 12.4 Å². The van der Waals surface area contributed by atoms with Crippen molar-refractivity contribution >= 4 is 0 Å². The molecule has 1 rings (SSSR count). The monoisotopic (exact) mass is 271 g/mol. The second-order valence-corrected chi connectivity index (χ2v) is 4.17. The minimum atomic E-state index is 0.653. The van der Waals surface area contributed by atoms with Gasteiger partial charge in [-0.15, -0.1) is 0 Å². The Hall–Kier alpha value is -0.950. The van der Waals surface area contributed by atoms with Gasteiger partial charge in [-0.25, -0.2) is 4.98 Å². The molecule has 0 aliphatic heterocycles. The number of nitrogens with one attached hydrogen (secondary N) is 1. The summed E-state index contributed by atoms with van der Waals surface area (Å²) in [5.74, 6) is 1.05. The maximum absolute atomic E-state index is 5.43. The molecule has 19 heavy (non-hydrogen) atoms. The van der Waals surface area contributed by atoms with Crippen molar-refractivity contribution in [3.8, 4) is 0 Å². The highest BCUT2D eigenvalue weighted by Crippen LogP contribution is 1.99. The number of aryl methyl sites for hydroxylation is 1. The van der Waals surface area contributed by atoms with Gasteiger partial charge in [-0.3, -0.25) is 0 Å². The van der Waals surface area contributed by atoms with Gasteiger partial charge in [0.2, 0.25) is 0 Å². The van der Waals surface area contributed by atoms with Gasteiger partial charge in [0.25, 0.3) is 0 Å². The van der Waals surface area contributed by atoms with Crippen LogP contribution >= 0.6 is 0 Å². The lowest BCUT2D eigenvalue weighted by Crippen LogP contribution is -2.21. The van der Waals surface area contributed by atoms with Gasteiger partial charge in [0, 0.05) is 46.3 Å². The first kappa shape index (κ1) is 16.1. The SMILES string of the molecule is COCCNCc1nccn1CCCOCCOC. The van der Waals surface area contributed by atoms with Crippen LogP contribution in [0.3, 0.4) is 0 Å². The van der Waals surface area contributed by atoms with Gasteiger partial charge >= 0.3 is 0 Å². The summed E-state index contributed by atoms with van der Waals surface area (Å²) in [5.41, 5.74) is 0. The quantitative estimate of drug-likeness (QED) is 0.566. The van der Waals surface area contributed by atoms with E-state index in [-0.39, 0.29) is 0 Å². The maximum Gasteiger partial charge on any atom is 0.122 e. The highest BCUT2D eigenvalue weighted by atomic mass is 16.5. The molecule has 1 aromatic heterocycles. The van der Waals surface area contributed by atoms with Crippen molar-refractivity contribution in [2.24, 2.45) is 0 Å². The minimum Gasteiger partial charge on any atom is -0.383 e. The molecule has 0 atom stereocenters. The molecule has 0 bridgehead atoms. The van der Waals surface area contributed by atoms with E-state index in [1.807, 2.05) is 12.4 Å². The zero-order valence-corrected chi connectivity index (χ0v) is 11.9. The first-order chi connectivity index (χ1) is 9.38. The lowest BCUT2D eigenvalue weighted by atomic mass is 10.4. The number of hydrogen-bond donors (Lipinski definition) is 1. The van der Waals surface area contributed by atoms with Crippen LogP contribution in [0, 0.1) is 0 Å². The summed E-state index contributed by atoms with van der Waals surface area (Å²) < 4.78 is 17.5. The molecule has 1 N–H and O–H groups in total. The molecule has 1 aromatic rings. The molecule has 110 valence electrons. The van der Waals surface area contributed by atoms with E-state index in [0.717, 1.165) is 38.5 Å². The van der Waals surface area contributed by atoms with E-state index >= 15 is 0 Å². The lowest BCUT2D eigenvalue weighted by Gasteiger charge is -2.09. The Bertz CT molecular complexity index is 318. The second-order valence-electron chi connectivity index (χ2n) is 4.17. The summed E-state index contributed by atoms with van der Waals surface area (Å²) >= 11 is 0. The van der Waals surface area contributed by atoms with Crippen molar-refractivity contribution in [2.45, 2.75) is 19.5 Å². The van der Waals surface area contributed by atoms with Gasteiger partial charge in [-0.2, -0.15) is 0 Å². The Kier molecular flexibility index (Phi) is 9.26. The Morgan fingerprint density at radius 1 is 1.16 bits per heavy atom. The Morgan fingerprint density at radius 3 is 2.79 bits per heavy atom. The largest absolute Gasteiger partial charge is 0.383 e.